The molecule has 0 saturated carbocycles. The quantitative estimate of drug-likeness (QED) is 0.748. The molecule has 1 saturated heterocycles. The maximum absolute atomic E-state index is 12.8. The number of hydrogen-bond donors (Lipinski definition) is 1. The van der Waals surface area contributed by atoms with Gasteiger partial charge >= 0.3 is 0 Å². The van der Waals surface area contributed by atoms with Crippen molar-refractivity contribution in [3.05, 3.63) is 45.4 Å². The van der Waals surface area contributed by atoms with Crippen LogP contribution < -0.4 is 10.1 Å². The summed E-state index contributed by atoms with van der Waals surface area (Å²) in [4.78, 5) is 33.3. The van der Waals surface area contributed by atoms with Gasteiger partial charge in [0.25, 0.3) is 0 Å². The topological polar surface area (TPSA) is 74.8 Å². The lowest BCUT2D eigenvalue weighted by atomic mass is 10.00. The van der Waals surface area contributed by atoms with Crippen LogP contribution in [0.25, 0.3) is 0 Å². The third kappa shape index (κ3) is 4.94. The lowest BCUT2D eigenvalue weighted by Crippen LogP contribution is -2.56. The monoisotopic (exact) mass is 416 g/mol. The van der Waals surface area contributed by atoms with Crippen LogP contribution >= 0.6 is 11.3 Å². The summed E-state index contributed by atoms with van der Waals surface area (Å²) in [6.45, 7) is 6.49. The molecular formula is C21H28N4O3S. The summed E-state index contributed by atoms with van der Waals surface area (Å²) >= 11 is 1.52. The number of carbonyl (C=O) groups excluding carboxylic acids is 2. The van der Waals surface area contributed by atoms with E-state index in [1.165, 1.54) is 11.3 Å². The first-order valence-electron chi connectivity index (χ1n) is 9.68. The number of hydrogen-bond acceptors (Lipinski definition) is 6. The van der Waals surface area contributed by atoms with Crippen LogP contribution in [0.2, 0.25) is 0 Å². The van der Waals surface area contributed by atoms with Crippen LogP contribution in [-0.2, 0) is 22.7 Å². The van der Waals surface area contributed by atoms with Crippen LogP contribution in [-0.4, -0.2) is 59.9 Å². The van der Waals surface area contributed by atoms with E-state index < -0.39 is 6.04 Å². The van der Waals surface area contributed by atoms with E-state index in [1.54, 1.807) is 25.3 Å². The van der Waals surface area contributed by atoms with Crippen molar-refractivity contribution in [2.45, 2.75) is 39.4 Å². The first-order valence-corrected chi connectivity index (χ1v) is 10.6. The van der Waals surface area contributed by atoms with Gasteiger partial charge < -0.3 is 15.0 Å². The molecule has 1 aromatic carbocycles. The molecule has 1 aromatic heterocycles. The van der Waals surface area contributed by atoms with Crippen LogP contribution in [0.3, 0.4) is 0 Å². The fourth-order valence-electron chi connectivity index (χ4n) is 3.58. The molecule has 2 amide bonds. The maximum atomic E-state index is 12.8. The molecule has 1 fully saturated rings. The second kappa shape index (κ2) is 9.37. The Hall–Kier alpha value is -2.45. The number of piperazine rings is 1. The minimum Gasteiger partial charge on any atom is -0.496 e. The Morgan fingerprint density at radius 1 is 1.38 bits per heavy atom. The molecular weight excluding hydrogens is 388 g/mol. The predicted molar refractivity (Wildman–Crippen MR) is 113 cm³/mol. The first kappa shape index (κ1) is 21.3. The summed E-state index contributed by atoms with van der Waals surface area (Å²) in [5.41, 5.74) is 3.40. The molecule has 2 heterocycles. The molecule has 0 spiro atoms. The summed E-state index contributed by atoms with van der Waals surface area (Å²) in [7, 11) is 3.42. The van der Waals surface area contributed by atoms with Gasteiger partial charge in [-0.05, 0) is 36.6 Å². The van der Waals surface area contributed by atoms with E-state index in [-0.39, 0.29) is 18.2 Å². The number of nitrogens with one attached hydrogen (secondary N) is 1. The van der Waals surface area contributed by atoms with E-state index in [0.717, 1.165) is 27.4 Å². The molecule has 8 heteroatoms. The normalized spacial score (nSPS) is 17.1. The van der Waals surface area contributed by atoms with Crippen molar-refractivity contribution in [2.24, 2.45) is 0 Å². The van der Waals surface area contributed by atoms with Crippen LogP contribution in [0.1, 0.15) is 28.1 Å². The van der Waals surface area contributed by atoms with Gasteiger partial charge in [0.1, 0.15) is 10.8 Å². The van der Waals surface area contributed by atoms with Gasteiger partial charge in [0.2, 0.25) is 11.8 Å². The third-order valence-corrected chi connectivity index (χ3v) is 6.30. The highest BCUT2D eigenvalue weighted by molar-refractivity contribution is 7.09. The van der Waals surface area contributed by atoms with E-state index in [4.69, 9.17) is 4.74 Å². The maximum Gasteiger partial charge on any atom is 0.237 e. The van der Waals surface area contributed by atoms with Gasteiger partial charge in [-0.25, -0.2) is 4.98 Å². The second-order valence-corrected chi connectivity index (χ2v) is 8.31. The zero-order valence-corrected chi connectivity index (χ0v) is 18.2. The SMILES string of the molecule is COc1ccc(CN2CCNC(=O)[C@@H]2CC(=O)N(C)Cc2nccs2)c(C)c1C. The zero-order chi connectivity index (χ0) is 21.0. The molecule has 29 heavy (non-hydrogen) atoms. The summed E-state index contributed by atoms with van der Waals surface area (Å²) in [6.07, 6.45) is 1.88. The number of amides is 2. The molecule has 0 bridgehead atoms. The zero-order valence-electron chi connectivity index (χ0n) is 17.4. The largest absolute Gasteiger partial charge is 0.496 e. The van der Waals surface area contributed by atoms with E-state index in [2.05, 4.69) is 22.1 Å². The Morgan fingerprint density at radius 3 is 2.86 bits per heavy atom. The molecule has 2 aromatic rings. The molecule has 1 atom stereocenters. The van der Waals surface area contributed by atoms with Crippen molar-refractivity contribution >= 4 is 23.2 Å². The van der Waals surface area contributed by atoms with Crippen LogP contribution in [0, 0.1) is 13.8 Å². The lowest BCUT2D eigenvalue weighted by molar-refractivity contribution is -0.138. The summed E-state index contributed by atoms with van der Waals surface area (Å²) in [5, 5.41) is 5.68. The molecule has 0 radical (unpaired) electrons. The summed E-state index contributed by atoms with van der Waals surface area (Å²) < 4.78 is 5.40. The molecule has 0 unspecified atom stereocenters. The van der Waals surface area contributed by atoms with E-state index in [9.17, 15) is 9.59 Å². The minimum absolute atomic E-state index is 0.0603. The van der Waals surface area contributed by atoms with Crippen molar-refractivity contribution in [3.8, 4) is 5.75 Å². The Labute approximate surface area is 175 Å². The Morgan fingerprint density at radius 2 is 2.17 bits per heavy atom. The van der Waals surface area contributed by atoms with Gasteiger partial charge in [-0.1, -0.05) is 6.07 Å². The minimum atomic E-state index is -0.475. The second-order valence-electron chi connectivity index (χ2n) is 7.33. The van der Waals surface area contributed by atoms with E-state index in [0.29, 0.717) is 26.2 Å². The molecule has 7 nitrogen and oxygen atoms in total. The van der Waals surface area contributed by atoms with Gasteiger partial charge in [-0.15, -0.1) is 11.3 Å². The summed E-state index contributed by atoms with van der Waals surface area (Å²) in [6, 6.07) is 3.53. The smallest absolute Gasteiger partial charge is 0.237 e. The van der Waals surface area contributed by atoms with Crippen LogP contribution in [0.15, 0.2) is 23.7 Å². The number of methoxy groups -OCH3 is 1. The number of nitrogens with zero attached hydrogens (tertiary/aromatic N) is 3. The highest BCUT2D eigenvalue weighted by Gasteiger charge is 2.32. The highest BCUT2D eigenvalue weighted by atomic mass is 32.1. The van der Waals surface area contributed by atoms with Crippen molar-refractivity contribution in [1.29, 1.82) is 0 Å². The van der Waals surface area contributed by atoms with Gasteiger partial charge in [0.15, 0.2) is 0 Å². The molecule has 3 rings (SSSR count). The van der Waals surface area contributed by atoms with Crippen molar-refractivity contribution in [1.82, 2.24) is 20.1 Å². The van der Waals surface area contributed by atoms with Gasteiger partial charge in [-0.2, -0.15) is 0 Å². The Bertz CT molecular complexity index is 869. The fourth-order valence-corrected chi connectivity index (χ4v) is 4.25. The summed E-state index contributed by atoms with van der Waals surface area (Å²) in [5.74, 6) is 0.711. The molecule has 156 valence electrons. The van der Waals surface area contributed by atoms with Crippen molar-refractivity contribution in [3.63, 3.8) is 0 Å². The first-order chi connectivity index (χ1) is 13.9. The highest BCUT2D eigenvalue weighted by Crippen LogP contribution is 2.26. The Kier molecular flexibility index (Phi) is 6.87. The van der Waals surface area contributed by atoms with Crippen LogP contribution in [0.4, 0.5) is 0 Å². The van der Waals surface area contributed by atoms with Gasteiger partial charge in [-0.3, -0.25) is 14.5 Å². The molecule has 1 aliphatic rings. The number of aromatic nitrogens is 1. The standard InChI is InChI=1S/C21H28N4O3S/c1-14-15(2)18(28-4)6-5-16(14)12-25-9-7-23-21(27)17(25)11-20(26)24(3)13-19-22-8-10-29-19/h5-6,8,10,17H,7,9,11-13H2,1-4H3,(H,23,27)/t17-/m0/s1. The Balaban J connectivity index is 1.71. The molecule has 1 N–H and O–H groups in total. The average Bonchev–Trinajstić information content (AvgIpc) is 3.21. The third-order valence-electron chi connectivity index (χ3n) is 5.53. The van der Waals surface area contributed by atoms with E-state index >= 15 is 0 Å². The molecule has 1 aliphatic heterocycles. The average molecular weight is 417 g/mol. The van der Waals surface area contributed by atoms with Crippen LogP contribution in [0.5, 0.6) is 5.75 Å². The predicted octanol–water partition coefficient (Wildman–Crippen LogP) is 2.12. The number of thiazole rings is 1. The fraction of sp³-hybridized carbons (Fsp3) is 0.476. The molecule has 0 aliphatic carbocycles. The van der Waals surface area contributed by atoms with E-state index in [1.807, 2.05) is 24.4 Å². The number of benzene rings is 1. The number of ether oxygens (including phenoxy) is 1. The van der Waals surface area contributed by atoms with Gasteiger partial charge in [0, 0.05) is 38.3 Å². The van der Waals surface area contributed by atoms with Gasteiger partial charge in [0.05, 0.1) is 26.1 Å². The van der Waals surface area contributed by atoms with Crippen molar-refractivity contribution in [2.75, 3.05) is 27.2 Å². The number of rotatable bonds is 7. The number of carbonyl (C=O) groups is 2. The lowest BCUT2D eigenvalue weighted by Gasteiger charge is -2.35. The van der Waals surface area contributed by atoms with Crippen molar-refractivity contribution < 1.29 is 14.3 Å².